The van der Waals surface area contributed by atoms with Crippen LogP contribution in [0.25, 0.3) is 0 Å². The highest BCUT2D eigenvalue weighted by Crippen LogP contribution is 2.29. The van der Waals surface area contributed by atoms with Crippen molar-refractivity contribution in [2.75, 3.05) is 11.9 Å². The number of unbranched alkanes of at least 4 members (excludes halogenated alkanes) is 1. The van der Waals surface area contributed by atoms with Gasteiger partial charge in [0.25, 0.3) is 11.8 Å². The maximum atomic E-state index is 13.5. The summed E-state index contributed by atoms with van der Waals surface area (Å²) in [6.45, 7) is 8.50. The van der Waals surface area contributed by atoms with E-state index in [0.29, 0.717) is 17.9 Å². The van der Waals surface area contributed by atoms with E-state index in [4.69, 9.17) is 0 Å². The van der Waals surface area contributed by atoms with E-state index in [1.807, 2.05) is 39.0 Å². The quantitative estimate of drug-likeness (QED) is 0.650. The Morgan fingerprint density at radius 3 is 2.59 bits per heavy atom. The number of benzene rings is 1. The third kappa shape index (κ3) is 4.58. The Labute approximate surface area is 201 Å². The van der Waals surface area contributed by atoms with E-state index in [-0.39, 0.29) is 36.0 Å². The highest BCUT2D eigenvalue weighted by Gasteiger charge is 2.48. The standard InChI is InChI=1S/C26H35N5O3/c1-5-6-13-30-24(33)22-15-21(23(32)28-20-12-11-17(2)14-18(20)3)29-31(22)16-26(30,4)25(34)27-19-9-7-8-10-19/h11-12,14-15,19H,5-10,13,16H2,1-4H3,(H,27,34)(H,28,32)/t26-/m1/s1. The molecule has 1 aromatic heterocycles. The van der Waals surface area contributed by atoms with Crippen LogP contribution in [0.5, 0.6) is 0 Å². The normalized spacial score (nSPS) is 20.4. The van der Waals surface area contributed by atoms with E-state index >= 15 is 0 Å². The van der Waals surface area contributed by atoms with Gasteiger partial charge in [0.15, 0.2) is 5.69 Å². The van der Waals surface area contributed by atoms with Gasteiger partial charge in [0, 0.05) is 24.3 Å². The number of hydrogen-bond acceptors (Lipinski definition) is 4. The molecule has 2 heterocycles. The molecule has 1 aliphatic carbocycles. The van der Waals surface area contributed by atoms with Crippen molar-refractivity contribution in [3.8, 4) is 0 Å². The highest BCUT2D eigenvalue weighted by molar-refractivity contribution is 6.06. The number of hydrogen-bond donors (Lipinski definition) is 2. The van der Waals surface area contributed by atoms with Crippen molar-refractivity contribution in [2.24, 2.45) is 0 Å². The van der Waals surface area contributed by atoms with Crippen LogP contribution in [0.2, 0.25) is 0 Å². The number of anilines is 1. The van der Waals surface area contributed by atoms with Gasteiger partial charge >= 0.3 is 0 Å². The minimum Gasteiger partial charge on any atom is -0.351 e. The number of carbonyl (C=O) groups is 3. The van der Waals surface area contributed by atoms with Crippen LogP contribution in [-0.4, -0.2) is 50.5 Å². The summed E-state index contributed by atoms with van der Waals surface area (Å²) in [6, 6.07) is 7.49. The summed E-state index contributed by atoms with van der Waals surface area (Å²) in [4.78, 5) is 41.6. The first-order chi connectivity index (χ1) is 16.2. The maximum absolute atomic E-state index is 13.5. The number of nitrogens with one attached hydrogen (secondary N) is 2. The zero-order chi connectivity index (χ0) is 24.5. The number of aromatic nitrogens is 2. The number of fused-ring (bicyclic) bond motifs is 1. The van der Waals surface area contributed by atoms with Gasteiger partial charge in [-0.1, -0.05) is 43.9 Å². The third-order valence-electron chi connectivity index (χ3n) is 7.08. The Bertz CT molecular complexity index is 1100. The maximum Gasteiger partial charge on any atom is 0.276 e. The van der Waals surface area contributed by atoms with Gasteiger partial charge in [-0.2, -0.15) is 5.10 Å². The number of amides is 3. The molecule has 1 aliphatic heterocycles. The van der Waals surface area contributed by atoms with Gasteiger partial charge in [-0.3, -0.25) is 19.1 Å². The van der Waals surface area contributed by atoms with Crippen molar-refractivity contribution < 1.29 is 14.4 Å². The van der Waals surface area contributed by atoms with Crippen LogP contribution < -0.4 is 10.6 Å². The SMILES string of the molecule is CCCCN1C(=O)c2cc(C(=O)Nc3ccc(C)cc3C)nn2C[C@]1(C)C(=O)NC1CCCC1. The minimum absolute atomic E-state index is 0.147. The summed E-state index contributed by atoms with van der Waals surface area (Å²) in [5, 5.41) is 10.5. The van der Waals surface area contributed by atoms with Crippen LogP contribution >= 0.6 is 0 Å². The van der Waals surface area contributed by atoms with Crippen molar-refractivity contribution >= 4 is 23.4 Å². The molecule has 1 saturated carbocycles. The lowest BCUT2D eigenvalue weighted by Crippen LogP contribution is -2.65. The Morgan fingerprint density at radius 1 is 1.18 bits per heavy atom. The van der Waals surface area contributed by atoms with Gasteiger partial charge in [0.2, 0.25) is 5.91 Å². The Balaban J connectivity index is 1.60. The number of nitrogens with zero attached hydrogens (tertiary/aromatic N) is 3. The predicted molar refractivity (Wildman–Crippen MR) is 131 cm³/mol. The molecule has 1 aromatic carbocycles. The molecule has 8 heteroatoms. The van der Waals surface area contributed by atoms with Crippen molar-refractivity contribution in [1.29, 1.82) is 0 Å². The monoisotopic (exact) mass is 465 g/mol. The van der Waals surface area contributed by atoms with Crippen molar-refractivity contribution in [3.63, 3.8) is 0 Å². The van der Waals surface area contributed by atoms with Crippen LogP contribution in [-0.2, 0) is 11.3 Å². The lowest BCUT2D eigenvalue weighted by Gasteiger charge is -2.43. The van der Waals surface area contributed by atoms with Gasteiger partial charge < -0.3 is 15.5 Å². The molecule has 0 bridgehead atoms. The van der Waals surface area contributed by atoms with E-state index in [9.17, 15) is 14.4 Å². The zero-order valence-corrected chi connectivity index (χ0v) is 20.6. The van der Waals surface area contributed by atoms with Gasteiger partial charge in [0.05, 0.1) is 6.54 Å². The second-order valence-electron chi connectivity index (χ2n) is 9.88. The largest absolute Gasteiger partial charge is 0.351 e. The van der Waals surface area contributed by atoms with Crippen LogP contribution in [0.15, 0.2) is 24.3 Å². The molecule has 0 spiro atoms. The fourth-order valence-electron chi connectivity index (χ4n) is 4.97. The van der Waals surface area contributed by atoms with Crippen molar-refractivity contribution in [2.45, 2.75) is 84.3 Å². The van der Waals surface area contributed by atoms with E-state index < -0.39 is 5.54 Å². The van der Waals surface area contributed by atoms with Crippen LogP contribution in [0.3, 0.4) is 0 Å². The van der Waals surface area contributed by atoms with Crippen LogP contribution in [0, 0.1) is 13.8 Å². The molecule has 2 aromatic rings. The molecule has 0 unspecified atom stereocenters. The minimum atomic E-state index is -1.06. The van der Waals surface area contributed by atoms with E-state index in [1.165, 1.54) is 10.7 Å². The zero-order valence-electron chi connectivity index (χ0n) is 20.6. The lowest BCUT2D eigenvalue weighted by molar-refractivity contribution is -0.133. The molecule has 1 fully saturated rings. The molecule has 34 heavy (non-hydrogen) atoms. The first kappa shape index (κ1) is 24.0. The molecule has 8 nitrogen and oxygen atoms in total. The Kier molecular flexibility index (Phi) is 6.77. The molecular formula is C26H35N5O3. The molecule has 2 aliphatic rings. The summed E-state index contributed by atoms with van der Waals surface area (Å²) >= 11 is 0. The second-order valence-corrected chi connectivity index (χ2v) is 9.88. The first-order valence-corrected chi connectivity index (χ1v) is 12.3. The van der Waals surface area contributed by atoms with Crippen LogP contribution in [0.1, 0.15) is 84.5 Å². The van der Waals surface area contributed by atoms with Gasteiger partial charge in [-0.15, -0.1) is 0 Å². The van der Waals surface area contributed by atoms with E-state index in [1.54, 1.807) is 4.90 Å². The number of rotatable bonds is 7. The molecule has 0 radical (unpaired) electrons. The van der Waals surface area contributed by atoms with E-state index in [2.05, 4.69) is 22.7 Å². The fourth-order valence-corrected chi connectivity index (χ4v) is 4.97. The van der Waals surface area contributed by atoms with Crippen molar-refractivity contribution in [1.82, 2.24) is 20.0 Å². The molecule has 2 N–H and O–H groups in total. The highest BCUT2D eigenvalue weighted by atomic mass is 16.2. The predicted octanol–water partition coefficient (Wildman–Crippen LogP) is 3.83. The summed E-state index contributed by atoms with van der Waals surface area (Å²) in [5.41, 5.74) is 2.22. The summed E-state index contributed by atoms with van der Waals surface area (Å²) in [6.07, 6.45) is 5.88. The van der Waals surface area contributed by atoms with Gasteiger partial charge in [0.1, 0.15) is 11.2 Å². The second kappa shape index (κ2) is 9.60. The average molecular weight is 466 g/mol. The molecule has 1 atom stereocenters. The molecular weight excluding hydrogens is 430 g/mol. The lowest BCUT2D eigenvalue weighted by atomic mass is 9.94. The summed E-state index contributed by atoms with van der Waals surface area (Å²) in [5.74, 6) is -0.785. The number of aryl methyl sites for hydroxylation is 2. The fraction of sp³-hybridized carbons (Fsp3) is 0.538. The smallest absolute Gasteiger partial charge is 0.276 e. The third-order valence-corrected chi connectivity index (χ3v) is 7.08. The summed E-state index contributed by atoms with van der Waals surface area (Å²) in [7, 11) is 0. The van der Waals surface area contributed by atoms with Crippen molar-refractivity contribution in [3.05, 3.63) is 46.8 Å². The summed E-state index contributed by atoms with van der Waals surface area (Å²) < 4.78 is 1.52. The molecule has 182 valence electrons. The first-order valence-electron chi connectivity index (χ1n) is 12.3. The van der Waals surface area contributed by atoms with E-state index in [0.717, 1.165) is 49.7 Å². The molecule has 4 rings (SSSR count). The molecule has 0 saturated heterocycles. The van der Waals surface area contributed by atoms with Gasteiger partial charge in [-0.25, -0.2) is 0 Å². The van der Waals surface area contributed by atoms with Gasteiger partial charge in [-0.05, 0) is 51.7 Å². The average Bonchev–Trinajstić information content (AvgIpc) is 3.45. The van der Waals surface area contributed by atoms with Crippen LogP contribution in [0.4, 0.5) is 5.69 Å². The topological polar surface area (TPSA) is 96.3 Å². The molecule has 3 amide bonds. The Hall–Kier alpha value is -3.16. The number of carbonyl (C=O) groups excluding carboxylic acids is 3. The Morgan fingerprint density at radius 2 is 1.91 bits per heavy atom.